The van der Waals surface area contributed by atoms with Crippen molar-refractivity contribution in [3.63, 3.8) is 0 Å². The number of hydrogen-bond acceptors (Lipinski definition) is 3. The number of benzene rings is 1. The summed E-state index contributed by atoms with van der Waals surface area (Å²) in [5.74, 6) is 1.08. The molecule has 1 N–H and O–H groups in total. The highest BCUT2D eigenvalue weighted by Gasteiger charge is 2.41. The maximum absolute atomic E-state index is 12.3. The minimum Gasteiger partial charge on any atom is -0.356 e. The Hall–Kier alpha value is -0.830. The van der Waals surface area contributed by atoms with Crippen molar-refractivity contribution in [1.82, 2.24) is 10.2 Å². The molecule has 1 heterocycles. The number of hydrogen-bond donors (Lipinski definition) is 1. The molecule has 1 saturated carbocycles. The molecular formula is C19H30IN3O2S. The molecule has 1 saturated heterocycles. The van der Waals surface area contributed by atoms with Crippen LogP contribution in [0.4, 0.5) is 0 Å². The average Bonchev–Trinajstić information content (AvgIpc) is 3.26. The molecule has 0 amide bonds. The Morgan fingerprint density at radius 3 is 2.54 bits per heavy atom. The first-order valence-electron chi connectivity index (χ1n) is 9.28. The third-order valence-corrected chi connectivity index (χ3v) is 7.41. The first-order valence-corrected chi connectivity index (χ1v) is 10.9. The number of rotatable bonds is 5. The highest BCUT2D eigenvalue weighted by Crippen LogP contribution is 2.45. The third kappa shape index (κ3) is 5.12. The number of guanidine groups is 1. The van der Waals surface area contributed by atoms with E-state index in [1.165, 1.54) is 32.1 Å². The standard InChI is InChI=1S/C19H29N3O2S.HI/c1-20-18(22-14-12-19(16-22)10-5-6-11-19)21-13-7-15-25(23,24)17-8-3-2-4-9-17;/h2-4,8-9H,5-7,10-16H2,1H3,(H,20,21);1H. The van der Waals surface area contributed by atoms with E-state index >= 15 is 0 Å². The molecule has 0 radical (unpaired) electrons. The van der Waals surface area contributed by atoms with E-state index in [1.54, 1.807) is 24.3 Å². The van der Waals surface area contributed by atoms with E-state index in [-0.39, 0.29) is 29.7 Å². The maximum atomic E-state index is 12.3. The fourth-order valence-electron chi connectivity index (χ4n) is 4.19. The fourth-order valence-corrected chi connectivity index (χ4v) is 5.52. The average molecular weight is 491 g/mol. The minimum atomic E-state index is -3.20. The van der Waals surface area contributed by atoms with Gasteiger partial charge in [0.25, 0.3) is 0 Å². The molecule has 26 heavy (non-hydrogen) atoms. The molecule has 0 atom stereocenters. The zero-order valence-electron chi connectivity index (χ0n) is 15.5. The summed E-state index contributed by atoms with van der Waals surface area (Å²) in [6, 6.07) is 8.68. The van der Waals surface area contributed by atoms with Gasteiger partial charge in [0.15, 0.2) is 15.8 Å². The first kappa shape index (κ1) is 21.5. The molecule has 2 aliphatic rings. The Morgan fingerprint density at radius 2 is 1.88 bits per heavy atom. The van der Waals surface area contributed by atoms with E-state index in [1.807, 2.05) is 13.1 Å². The predicted molar refractivity (Wildman–Crippen MR) is 117 cm³/mol. The van der Waals surface area contributed by atoms with Crippen molar-refractivity contribution >= 4 is 39.8 Å². The van der Waals surface area contributed by atoms with Crippen LogP contribution in [-0.4, -0.2) is 51.7 Å². The zero-order valence-corrected chi connectivity index (χ0v) is 18.6. The number of likely N-dealkylation sites (tertiary alicyclic amines) is 1. The summed E-state index contributed by atoms with van der Waals surface area (Å²) in [6.45, 7) is 2.78. The minimum absolute atomic E-state index is 0. The Balaban J connectivity index is 0.00000243. The van der Waals surface area contributed by atoms with Crippen molar-refractivity contribution < 1.29 is 8.42 Å². The molecular weight excluding hydrogens is 461 g/mol. The van der Waals surface area contributed by atoms with Crippen molar-refractivity contribution in [2.24, 2.45) is 10.4 Å². The second-order valence-electron chi connectivity index (χ2n) is 7.34. The van der Waals surface area contributed by atoms with Crippen LogP contribution in [-0.2, 0) is 9.84 Å². The molecule has 5 nitrogen and oxygen atoms in total. The molecule has 1 aromatic rings. The Labute approximate surface area is 174 Å². The Bertz CT molecular complexity index is 701. The summed E-state index contributed by atoms with van der Waals surface area (Å²) < 4.78 is 24.6. The van der Waals surface area contributed by atoms with Crippen LogP contribution in [0.3, 0.4) is 0 Å². The first-order chi connectivity index (χ1) is 12.0. The Kier molecular flexibility index (Phi) is 7.76. The predicted octanol–water partition coefficient (Wildman–Crippen LogP) is 3.31. The Morgan fingerprint density at radius 1 is 1.19 bits per heavy atom. The van der Waals surface area contributed by atoms with E-state index < -0.39 is 9.84 Å². The van der Waals surface area contributed by atoms with Crippen LogP contribution in [0.5, 0.6) is 0 Å². The van der Waals surface area contributed by atoms with Crippen molar-refractivity contribution in [1.29, 1.82) is 0 Å². The lowest BCUT2D eigenvalue weighted by molar-refractivity contribution is 0.309. The zero-order chi connectivity index (χ0) is 17.8. The summed E-state index contributed by atoms with van der Waals surface area (Å²) in [5, 5.41) is 3.35. The maximum Gasteiger partial charge on any atom is 0.193 e. The van der Waals surface area contributed by atoms with E-state index in [0.29, 0.717) is 23.3 Å². The quantitative estimate of drug-likeness (QED) is 0.297. The van der Waals surface area contributed by atoms with Crippen molar-refractivity contribution in [2.45, 2.75) is 43.4 Å². The van der Waals surface area contributed by atoms with Crippen LogP contribution >= 0.6 is 24.0 Å². The molecule has 1 aliphatic carbocycles. The topological polar surface area (TPSA) is 61.8 Å². The van der Waals surface area contributed by atoms with Crippen LogP contribution in [0.25, 0.3) is 0 Å². The van der Waals surface area contributed by atoms with Crippen molar-refractivity contribution in [2.75, 3.05) is 32.4 Å². The van der Waals surface area contributed by atoms with Gasteiger partial charge in [-0.2, -0.15) is 0 Å². The fraction of sp³-hybridized carbons (Fsp3) is 0.632. The summed E-state index contributed by atoms with van der Waals surface area (Å²) >= 11 is 0. The lowest BCUT2D eigenvalue weighted by atomic mass is 9.86. The molecule has 146 valence electrons. The van der Waals surface area contributed by atoms with E-state index in [4.69, 9.17) is 0 Å². The van der Waals surface area contributed by atoms with Gasteiger partial charge in [0.1, 0.15) is 0 Å². The highest BCUT2D eigenvalue weighted by atomic mass is 127. The van der Waals surface area contributed by atoms with Crippen molar-refractivity contribution in [3.8, 4) is 0 Å². The van der Waals surface area contributed by atoms with Gasteiger partial charge in [-0.3, -0.25) is 4.99 Å². The number of halogens is 1. The van der Waals surface area contributed by atoms with E-state index in [2.05, 4.69) is 15.2 Å². The second kappa shape index (κ2) is 9.39. The lowest BCUT2D eigenvalue weighted by Gasteiger charge is -2.25. The van der Waals surface area contributed by atoms with Gasteiger partial charge in [-0.25, -0.2) is 8.42 Å². The molecule has 0 unspecified atom stereocenters. The van der Waals surface area contributed by atoms with Crippen molar-refractivity contribution in [3.05, 3.63) is 30.3 Å². The van der Waals surface area contributed by atoms with Gasteiger partial charge in [-0.05, 0) is 43.2 Å². The number of sulfone groups is 1. The van der Waals surface area contributed by atoms with Crippen LogP contribution in [0, 0.1) is 5.41 Å². The summed E-state index contributed by atoms with van der Waals surface area (Å²) in [5.41, 5.74) is 0.508. The molecule has 1 aliphatic heterocycles. The third-order valence-electron chi connectivity index (χ3n) is 5.59. The van der Waals surface area contributed by atoms with E-state index in [9.17, 15) is 8.42 Å². The summed E-state index contributed by atoms with van der Waals surface area (Å²) in [6.07, 6.45) is 7.24. The van der Waals surface area contributed by atoms with Crippen LogP contribution in [0.15, 0.2) is 40.2 Å². The smallest absolute Gasteiger partial charge is 0.193 e. The van der Waals surface area contributed by atoms with Crippen LogP contribution in [0.2, 0.25) is 0 Å². The number of aliphatic imine (C=N–C) groups is 1. The molecule has 7 heteroatoms. The summed E-state index contributed by atoms with van der Waals surface area (Å²) in [4.78, 5) is 7.15. The van der Waals surface area contributed by atoms with Gasteiger partial charge in [-0.15, -0.1) is 24.0 Å². The molecule has 1 spiro atoms. The van der Waals surface area contributed by atoms with Gasteiger partial charge in [0, 0.05) is 26.7 Å². The molecule has 1 aromatic carbocycles. The molecule has 2 fully saturated rings. The number of nitrogens with one attached hydrogen (secondary N) is 1. The van der Waals surface area contributed by atoms with Gasteiger partial charge in [-0.1, -0.05) is 31.0 Å². The van der Waals surface area contributed by atoms with Gasteiger partial charge in [0.05, 0.1) is 10.6 Å². The SMILES string of the molecule is CN=C(NCCCS(=O)(=O)c1ccccc1)N1CCC2(CCCC2)C1.I. The second-order valence-corrected chi connectivity index (χ2v) is 9.45. The van der Waals surface area contributed by atoms with E-state index in [0.717, 1.165) is 19.0 Å². The van der Waals surface area contributed by atoms with Crippen LogP contribution < -0.4 is 5.32 Å². The molecule has 0 bridgehead atoms. The van der Waals surface area contributed by atoms with Gasteiger partial charge in [0.2, 0.25) is 0 Å². The van der Waals surface area contributed by atoms with Crippen LogP contribution in [0.1, 0.15) is 38.5 Å². The summed E-state index contributed by atoms with van der Waals surface area (Å²) in [7, 11) is -1.39. The molecule has 0 aromatic heterocycles. The molecule has 3 rings (SSSR count). The number of nitrogens with zero attached hydrogens (tertiary/aromatic N) is 2. The van der Waals surface area contributed by atoms with Gasteiger partial charge < -0.3 is 10.2 Å². The normalized spacial score (nSPS) is 19.6. The lowest BCUT2D eigenvalue weighted by Crippen LogP contribution is -2.41. The monoisotopic (exact) mass is 491 g/mol. The van der Waals surface area contributed by atoms with Gasteiger partial charge >= 0.3 is 0 Å². The highest BCUT2D eigenvalue weighted by molar-refractivity contribution is 14.0. The largest absolute Gasteiger partial charge is 0.356 e.